The second-order valence-corrected chi connectivity index (χ2v) is 8.07. The van der Waals surface area contributed by atoms with E-state index in [1.54, 1.807) is 41.3 Å². The molecular formula is C21H23ClFN3O3. The van der Waals surface area contributed by atoms with E-state index < -0.39 is 17.6 Å². The predicted molar refractivity (Wildman–Crippen MR) is 108 cm³/mol. The van der Waals surface area contributed by atoms with Crippen molar-refractivity contribution in [3.05, 3.63) is 58.9 Å². The first-order chi connectivity index (χ1) is 13.9. The number of carbonyl (C=O) groups is 1. The van der Waals surface area contributed by atoms with Gasteiger partial charge in [-0.25, -0.2) is 4.39 Å². The van der Waals surface area contributed by atoms with Crippen molar-refractivity contribution >= 4 is 17.5 Å². The van der Waals surface area contributed by atoms with Crippen LogP contribution in [0.4, 0.5) is 4.39 Å². The van der Waals surface area contributed by atoms with Crippen molar-refractivity contribution in [2.24, 2.45) is 5.73 Å². The fraction of sp³-hybridized carbons (Fsp3) is 0.381. The number of carbonyl (C=O) groups excluding carboxylic acids is 1. The highest BCUT2D eigenvalue weighted by molar-refractivity contribution is 6.30. The zero-order valence-electron chi connectivity index (χ0n) is 15.9. The van der Waals surface area contributed by atoms with Gasteiger partial charge in [-0.05, 0) is 35.9 Å². The second kappa shape index (κ2) is 8.01. The van der Waals surface area contributed by atoms with Crippen molar-refractivity contribution in [1.82, 2.24) is 9.80 Å². The van der Waals surface area contributed by atoms with Crippen LogP contribution in [-0.4, -0.2) is 72.0 Å². The standard InChI is InChI=1S/C21H23ClFN3O3/c22-16-5-6-17(18(23)11-16)14-1-3-15(4-2-14)19(27)25-7-9-26(10-8-25)20(28)21(24)12-29-13-21/h1-6,11,20,28H,7-10,12-13,24H2. The van der Waals surface area contributed by atoms with Gasteiger partial charge < -0.3 is 20.5 Å². The normalized spacial score (nSPS) is 20.2. The average molecular weight is 420 g/mol. The molecule has 0 radical (unpaired) electrons. The van der Waals surface area contributed by atoms with Crippen LogP contribution in [0.25, 0.3) is 11.1 Å². The summed E-state index contributed by atoms with van der Waals surface area (Å²) in [5, 5.41) is 10.8. The summed E-state index contributed by atoms with van der Waals surface area (Å²) < 4.78 is 19.2. The molecule has 6 nitrogen and oxygen atoms in total. The molecule has 0 aromatic heterocycles. The Hall–Kier alpha value is -2.03. The van der Waals surface area contributed by atoms with Crippen molar-refractivity contribution in [3.63, 3.8) is 0 Å². The fourth-order valence-corrected chi connectivity index (χ4v) is 3.88. The molecule has 2 heterocycles. The fourth-order valence-electron chi connectivity index (χ4n) is 3.72. The first kappa shape index (κ1) is 20.3. The largest absolute Gasteiger partial charge is 0.377 e. The minimum absolute atomic E-state index is 0.0864. The molecule has 2 saturated heterocycles. The van der Waals surface area contributed by atoms with E-state index in [0.717, 1.165) is 0 Å². The predicted octanol–water partition coefficient (Wildman–Crippen LogP) is 1.95. The average Bonchev–Trinajstić information content (AvgIpc) is 2.71. The van der Waals surface area contributed by atoms with E-state index in [2.05, 4.69) is 0 Å². The van der Waals surface area contributed by atoms with Crippen LogP contribution in [-0.2, 0) is 4.74 Å². The number of benzene rings is 2. The molecule has 0 spiro atoms. The lowest BCUT2D eigenvalue weighted by molar-refractivity contribution is -0.166. The highest BCUT2D eigenvalue weighted by Gasteiger charge is 2.45. The summed E-state index contributed by atoms with van der Waals surface area (Å²) in [6.45, 7) is 2.77. The first-order valence-electron chi connectivity index (χ1n) is 9.51. The van der Waals surface area contributed by atoms with Crippen LogP contribution in [0.5, 0.6) is 0 Å². The van der Waals surface area contributed by atoms with Crippen LogP contribution in [0.1, 0.15) is 10.4 Å². The van der Waals surface area contributed by atoms with Gasteiger partial charge in [-0.15, -0.1) is 0 Å². The van der Waals surface area contributed by atoms with E-state index in [4.69, 9.17) is 22.1 Å². The first-order valence-corrected chi connectivity index (χ1v) is 9.89. The number of amides is 1. The van der Waals surface area contributed by atoms with Crippen LogP contribution >= 0.6 is 11.6 Å². The molecule has 0 bridgehead atoms. The number of hydrogen-bond donors (Lipinski definition) is 2. The summed E-state index contributed by atoms with van der Waals surface area (Å²) in [6, 6.07) is 11.4. The van der Waals surface area contributed by atoms with Crippen molar-refractivity contribution in [3.8, 4) is 11.1 Å². The summed E-state index contributed by atoms with van der Waals surface area (Å²) in [6.07, 6.45) is -0.776. The zero-order chi connectivity index (χ0) is 20.6. The molecule has 2 aromatic rings. The van der Waals surface area contributed by atoms with Gasteiger partial charge in [0.25, 0.3) is 5.91 Å². The van der Waals surface area contributed by atoms with Crippen molar-refractivity contribution in [2.75, 3.05) is 39.4 Å². The number of hydrogen-bond acceptors (Lipinski definition) is 5. The second-order valence-electron chi connectivity index (χ2n) is 7.63. The van der Waals surface area contributed by atoms with E-state index in [-0.39, 0.29) is 5.91 Å². The van der Waals surface area contributed by atoms with Gasteiger partial charge in [0, 0.05) is 42.3 Å². The Balaban J connectivity index is 1.39. The number of halogens is 2. The Morgan fingerprint density at radius 3 is 2.34 bits per heavy atom. The maximum absolute atomic E-state index is 14.1. The van der Waals surface area contributed by atoms with Crippen LogP contribution in [0.2, 0.25) is 5.02 Å². The highest BCUT2D eigenvalue weighted by Crippen LogP contribution is 2.26. The molecule has 2 aromatic carbocycles. The molecule has 8 heteroatoms. The number of aliphatic hydroxyl groups excluding tert-OH is 1. The SMILES string of the molecule is NC1(C(O)N2CCN(C(=O)c3ccc(-c4ccc(Cl)cc4F)cc3)CC2)COC1. The van der Waals surface area contributed by atoms with Crippen LogP contribution < -0.4 is 5.73 Å². The van der Waals surface area contributed by atoms with E-state index in [1.807, 2.05) is 4.90 Å². The topological polar surface area (TPSA) is 79.0 Å². The Kier molecular flexibility index (Phi) is 5.59. The summed E-state index contributed by atoms with van der Waals surface area (Å²) in [5.41, 5.74) is 7.05. The molecule has 2 aliphatic heterocycles. The van der Waals surface area contributed by atoms with Gasteiger partial charge in [-0.2, -0.15) is 0 Å². The van der Waals surface area contributed by atoms with E-state index in [0.29, 0.717) is 61.1 Å². The minimum Gasteiger partial charge on any atom is -0.377 e. The number of nitrogens with zero attached hydrogens (tertiary/aromatic N) is 2. The van der Waals surface area contributed by atoms with Crippen LogP contribution in [0.3, 0.4) is 0 Å². The minimum atomic E-state index is -0.776. The molecular weight excluding hydrogens is 397 g/mol. The maximum Gasteiger partial charge on any atom is 0.253 e. The van der Waals surface area contributed by atoms with E-state index in [1.165, 1.54) is 6.07 Å². The molecule has 4 rings (SSSR count). The lowest BCUT2D eigenvalue weighted by atomic mass is 9.95. The van der Waals surface area contributed by atoms with E-state index in [9.17, 15) is 14.3 Å². The monoisotopic (exact) mass is 419 g/mol. The lowest BCUT2D eigenvalue weighted by Gasteiger charge is -2.47. The third kappa shape index (κ3) is 4.01. The lowest BCUT2D eigenvalue weighted by Crippen LogP contribution is -2.71. The molecule has 2 aliphatic rings. The maximum atomic E-state index is 14.1. The van der Waals surface area contributed by atoms with Gasteiger partial charge in [0.1, 0.15) is 17.6 Å². The van der Waals surface area contributed by atoms with Gasteiger partial charge in [0.05, 0.1) is 13.2 Å². The summed E-state index contributed by atoms with van der Waals surface area (Å²) >= 11 is 5.80. The number of nitrogens with two attached hydrogens (primary N) is 1. The molecule has 3 N–H and O–H groups in total. The number of piperazine rings is 1. The Bertz CT molecular complexity index is 897. The molecule has 1 unspecified atom stereocenters. The Morgan fingerprint density at radius 1 is 1.14 bits per heavy atom. The molecule has 0 aliphatic carbocycles. The summed E-state index contributed by atoms with van der Waals surface area (Å²) in [5.74, 6) is -0.488. The van der Waals surface area contributed by atoms with Gasteiger partial charge in [0.2, 0.25) is 0 Å². The molecule has 29 heavy (non-hydrogen) atoms. The highest BCUT2D eigenvalue weighted by atomic mass is 35.5. The van der Waals surface area contributed by atoms with Crippen LogP contribution in [0.15, 0.2) is 42.5 Å². The van der Waals surface area contributed by atoms with Crippen molar-refractivity contribution in [1.29, 1.82) is 0 Å². The zero-order valence-corrected chi connectivity index (χ0v) is 16.6. The van der Waals surface area contributed by atoms with Gasteiger partial charge in [-0.3, -0.25) is 9.69 Å². The smallest absolute Gasteiger partial charge is 0.253 e. The number of ether oxygens (including phenoxy) is 1. The quantitative estimate of drug-likeness (QED) is 0.792. The third-order valence-electron chi connectivity index (χ3n) is 5.58. The van der Waals surface area contributed by atoms with Gasteiger partial charge in [0.15, 0.2) is 0 Å². The molecule has 0 saturated carbocycles. The number of aliphatic hydroxyl groups is 1. The number of rotatable bonds is 4. The summed E-state index contributed by atoms with van der Waals surface area (Å²) in [7, 11) is 0. The van der Waals surface area contributed by atoms with Crippen molar-refractivity contribution in [2.45, 2.75) is 11.8 Å². The van der Waals surface area contributed by atoms with Gasteiger partial charge >= 0.3 is 0 Å². The molecule has 154 valence electrons. The summed E-state index contributed by atoms with van der Waals surface area (Å²) in [4.78, 5) is 16.4. The third-order valence-corrected chi connectivity index (χ3v) is 5.81. The van der Waals surface area contributed by atoms with Crippen LogP contribution in [0, 0.1) is 5.82 Å². The Morgan fingerprint density at radius 2 is 1.79 bits per heavy atom. The Labute approximate surface area is 173 Å². The van der Waals surface area contributed by atoms with E-state index >= 15 is 0 Å². The van der Waals surface area contributed by atoms with Gasteiger partial charge in [-0.1, -0.05) is 23.7 Å². The molecule has 2 fully saturated rings. The molecule has 1 atom stereocenters. The van der Waals surface area contributed by atoms with Crippen molar-refractivity contribution < 1.29 is 19.0 Å². The molecule has 1 amide bonds.